The minimum atomic E-state index is -1.08. The lowest BCUT2D eigenvalue weighted by molar-refractivity contribution is -0.203. The summed E-state index contributed by atoms with van der Waals surface area (Å²) in [5.74, 6) is 0.186. The summed E-state index contributed by atoms with van der Waals surface area (Å²) in [7, 11) is 0. The molecule has 0 unspecified atom stereocenters. The van der Waals surface area contributed by atoms with Gasteiger partial charge in [-0.3, -0.25) is 9.69 Å². The van der Waals surface area contributed by atoms with Crippen molar-refractivity contribution in [1.82, 2.24) is 4.90 Å². The number of aliphatic hydroxyl groups is 2. The first-order valence-corrected chi connectivity index (χ1v) is 12.7. The van der Waals surface area contributed by atoms with Crippen molar-refractivity contribution in [3.63, 3.8) is 0 Å². The lowest BCUT2D eigenvalue weighted by Gasteiger charge is -2.43. The van der Waals surface area contributed by atoms with Gasteiger partial charge in [0.2, 0.25) is 5.91 Å². The third-order valence-corrected chi connectivity index (χ3v) is 7.61. The molecule has 1 amide bonds. The topological polar surface area (TPSA) is 105 Å². The number of rotatable bonds is 8. The Morgan fingerprint density at radius 2 is 1.94 bits per heavy atom. The number of benzene rings is 2. The molecule has 0 spiro atoms. The summed E-state index contributed by atoms with van der Waals surface area (Å²) in [6.45, 7) is 5.66. The predicted molar refractivity (Wildman–Crippen MR) is 134 cm³/mol. The van der Waals surface area contributed by atoms with Crippen LogP contribution in [0.1, 0.15) is 49.5 Å². The van der Waals surface area contributed by atoms with Crippen LogP contribution in [0.25, 0.3) is 0 Å². The summed E-state index contributed by atoms with van der Waals surface area (Å²) in [4.78, 5) is 13.9. The molecule has 2 heterocycles. The van der Waals surface area contributed by atoms with E-state index < -0.39 is 18.3 Å². The summed E-state index contributed by atoms with van der Waals surface area (Å²) in [5.41, 5.74) is 8.32. The third kappa shape index (κ3) is 5.81. The Labute approximate surface area is 211 Å². The van der Waals surface area contributed by atoms with Gasteiger partial charge >= 0.3 is 0 Å². The van der Waals surface area contributed by atoms with Crippen LogP contribution in [0.15, 0.2) is 42.5 Å². The minimum absolute atomic E-state index is 0.300. The number of aliphatic hydroxyl groups excluding tert-OH is 2. The van der Waals surface area contributed by atoms with Crippen molar-refractivity contribution in [2.75, 3.05) is 19.7 Å². The molecule has 0 aromatic heterocycles. The molecule has 0 aliphatic carbocycles. The van der Waals surface area contributed by atoms with E-state index in [1.165, 1.54) is 0 Å². The number of primary amides is 1. The van der Waals surface area contributed by atoms with Crippen LogP contribution in [-0.2, 0) is 16.0 Å². The van der Waals surface area contributed by atoms with Gasteiger partial charge in [-0.05, 0) is 67.6 Å². The molecule has 2 fully saturated rings. The number of amides is 1. The smallest absolute Gasteiger partial charge is 0.234 e. The van der Waals surface area contributed by atoms with E-state index >= 15 is 0 Å². The van der Waals surface area contributed by atoms with Crippen molar-refractivity contribution in [2.45, 2.75) is 63.6 Å². The van der Waals surface area contributed by atoms with Crippen LogP contribution < -0.4 is 10.5 Å². The molecule has 4 N–H and O–H groups in total. The van der Waals surface area contributed by atoms with Crippen LogP contribution in [0.4, 0.5) is 0 Å². The zero-order valence-electron chi connectivity index (χ0n) is 20.3. The van der Waals surface area contributed by atoms with Crippen LogP contribution in [0.3, 0.4) is 0 Å². The van der Waals surface area contributed by atoms with Crippen molar-refractivity contribution in [2.24, 2.45) is 11.7 Å². The quantitative estimate of drug-likeness (QED) is 0.512. The monoisotopic (exact) mass is 502 g/mol. The lowest BCUT2D eigenvalue weighted by atomic mass is 9.85. The number of likely N-dealkylation sites (tertiary alicyclic amines) is 1. The Balaban J connectivity index is 1.53. The van der Waals surface area contributed by atoms with Gasteiger partial charge in [0.15, 0.2) is 0 Å². The number of carbonyl (C=O) groups excluding carboxylic acids is 1. The first-order valence-electron chi connectivity index (χ1n) is 12.3. The fourth-order valence-corrected chi connectivity index (χ4v) is 5.37. The number of hydrogen-bond donors (Lipinski definition) is 3. The van der Waals surface area contributed by atoms with Crippen LogP contribution in [0.2, 0.25) is 5.02 Å². The molecular weight excluding hydrogens is 468 g/mol. The Bertz CT molecular complexity index is 1020. The van der Waals surface area contributed by atoms with Gasteiger partial charge in [-0.1, -0.05) is 42.8 Å². The molecule has 2 saturated heterocycles. The standard InChI is InChI=1S/C27H35ClN2O5/c1-3-34-20-9-6-17(7-10-20)13-19-14-18(8-11-21(19)28)26-25(32)24(31)16(2)23(35-26)15-30-12-4-5-22(30)27(29)33/h6-11,14,16,22-26,31-32H,3-5,12-13,15H2,1-2H3,(H2,29,33)/t16-,22-,23-,24+,25-,26+/m1/s1. The second-order valence-corrected chi connectivity index (χ2v) is 10.0. The molecule has 0 saturated carbocycles. The lowest BCUT2D eigenvalue weighted by Crippen LogP contribution is -2.54. The average Bonchev–Trinajstić information content (AvgIpc) is 3.31. The van der Waals surface area contributed by atoms with E-state index in [1.807, 2.05) is 55.1 Å². The Hall–Kier alpha value is -2.16. The van der Waals surface area contributed by atoms with Crippen LogP contribution in [-0.4, -0.2) is 65.1 Å². The summed E-state index contributed by atoms with van der Waals surface area (Å²) in [5, 5.41) is 22.4. The predicted octanol–water partition coefficient (Wildman–Crippen LogP) is 3.08. The molecule has 35 heavy (non-hydrogen) atoms. The van der Waals surface area contributed by atoms with Gasteiger partial charge in [-0.15, -0.1) is 0 Å². The van der Waals surface area contributed by atoms with Crippen molar-refractivity contribution >= 4 is 17.5 Å². The summed E-state index contributed by atoms with van der Waals surface area (Å²) < 4.78 is 11.9. The zero-order valence-corrected chi connectivity index (χ0v) is 21.0. The van der Waals surface area contributed by atoms with Gasteiger partial charge in [0.25, 0.3) is 0 Å². The van der Waals surface area contributed by atoms with E-state index in [-0.39, 0.29) is 24.0 Å². The van der Waals surface area contributed by atoms with Crippen molar-refractivity contribution in [3.8, 4) is 5.75 Å². The van der Waals surface area contributed by atoms with Gasteiger partial charge in [0, 0.05) is 17.5 Å². The largest absolute Gasteiger partial charge is 0.494 e. The highest BCUT2D eigenvalue weighted by molar-refractivity contribution is 6.31. The van der Waals surface area contributed by atoms with Gasteiger partial charge in [-0.2, -0.15) is 0 Å². The minimum Gasteiger partial charge on any atom is -0.494 e. The molecule has 4 rings (SSSR count). The fraction of sp³-hybridized carbons (Fsp3) is 0.519. The number of nitrogens with two attached hydrogens (primary N) is 1. The maximum atomic E-state index is 11.8. The van der Waals surface area contributed by atoms with Gasteiger partial charge in [0.05, 0.1) is 24.9 Å². The highest BCUT2D eigenvalue weighted by Crippen LogP contribution is 2.37. The second-order valence-electron chi connectivity index (χ2n) is 9.60. The average molecular weight is 503 g/mol. The molecule has 190 valence electrons. The Morgan fingerprint density at radius 3 is 2.63 bits per heavy atom. The number of ether oxygens (including phenoxy) is 2. The maximum Gasteiger partial charge on any atom is 0.234 e. The van der Waals surface area contributed by atoms with Crippen LogP contribution in [0.5, 0.6) is 5.75 Å². The normalized spacial score (nSPS) is 29.3. The SMILES string of the molecule is CCOc1ccc(Cc2cc([C@@H]3O[C@H](CN4CCC[C@@H]4C(N)=O)[C@@H](C)[C@H](O)[C@H]3O)ccc2Cl)cc1. The molecule has 2 aliphatic heterocycles. The van der Waals surface area contributed by atoms with Gasteiger partial charge < -0.3 is 25.4 Å². The molecule has 7 nitrogen and oxygen atoms in total. The van der Waals surface area contributed by atoms with E-state index in [0.717, 1.165) is 41.8 Å². The zero-order chi connectivity index (χ0) is 25.1. The summed E-state index contributed by atoms with van der Waals surface area (Å²) in [6.07, 6.45) is -0.865. The first kappa shape index (κ1) is 25.9. The Morgan fingerprint density at radius 1 is 1.20 bits per heavy atom. The third-order valence-electron chi connectivity index (χ3n) is 7.24. The molecule has 0 bridgehead atoms. The molecule has 8 heteroatoms. The highest BCUT2D eigenvalue weighted by Gasteiger charge is 2.44. The van der Waals surface area contributed by atoms with Crippen molar-refractivity contribution in [1.29, 1.82) is 0 Å². The summed E-state index contributed by atoms with van der Waals surface area (Å²) in [6, 6.07) is 13.1. The van der Waals surface area contributed by atoms with Crippen LogP contribution in [0, 0.1) is 5.92 Å². The number of carbonyl (C=O) groups is 1. The van der Waals surface area contributed by atoms with Gasteiger partial charge in [-0.25, -0.2) is 0 Å². The number of halogens is 1. The van der Waals surface area contributed by atoms with Crippen molar-refractivity contribution < 1.29 is 24.5 Å². The van der Waals surface area contributed by atoms with E-state index in [2.05, 4.69) is 0 Å². The van der Waals surface area contributed by atoms with E-state index in [9.17, 15) is 15.0 Å². The molecule has 2 aliphatic rings. The second kappa shape index (κ2) is 11.3. The molecular formula is C27H35ClN2O5. The molecule has 2 aromatic carbocycles. The Kier molecular flexibility index (Phi) is 8.34. The highest BCUT2D eigenvalue weighted by atomic mass is 35.5. The van der Waals surface area contributed by atoms with E-state index in [4.69, 9.17) is 26.8 Å². The van der Waals surface area contributed by atoms with Crippen LogP contribution >= 0.6 is 11.6 Å². The van der Waals surface area contributed by atoms with Gasteiger partial charge in [0.1, 0.15) is 18.0 Å². The van der Waals surface area contributed by atoms with E-state index in [0.29, 0.717) is 24.6 Å². The number of nitrogens with zero attached hydrogens (tertiary/aromatic N) is 1. The van der Waals surface area contributed by atoms with Crippen molar-refractivity contribution in [3.05, 3.63) is 64.2 Å². The molecule has 0 radical (unpaired) electrons. The molecule has 2 aromatic rings. The fourth-order valence-electron chi connectivity index (χ4n) is 5.18. The maximum absolute atomic E-state index is 11.8. The van der Waals surface area contributed by atoms with E-state index in [1.54, 1.807) is 6.07 Å². The summed E-state index contributed by atoms with van der Waals surface area (Å²) >= 11 is 6.51. The molecule has 6 atom stereocenters. The first-order chi connectivity index (χ1) is 16.8. The number of hydrogen-bond acceptors (Lipinski definition) is 6.